The Bertz CT molecular complexity index is 1250. The Hall–Kier alpha value is -3.52. The summed E-state index contributed by atoms with van der Waals surface area (Å²) in [6.07, 6.45) is 3.62. The lowest BCUT2D eigenvalue weighted by Crippen LogP contribution is -2.22. The first-order valence-corrected chi connectivity index (χ1v) is 10.9. The van der Waals surface area contributed by atoms with Crippen molar-refractivity contribution in [3.63, 3.8) is 0 Å². The molecule has 1 amide bonds. The Morgan fingerprint density at radius 1 is 1.10 bits per heavy atom. The van der Waals surface area contributed by atoms with Gasteiger partial charge in [-0.15, -0.1) is 11.8 Å². The van der Waals surface area contributed by atoms with Crippen molar-refractivity contribution in [2.24, 2.45) is 7.05 Å². The van der Waals surface area contributed by atoms with Crippen molar-refractivity contribution in [2.75, 3.05) is 25.7 Å². The molecule has 158 valence electrons. The monoisotopic (exact) mass is 433 g/mol. The zero-order chi connectivity index (χ0) is 22.0. The summed E-state index contributed by atoms with van der Waals surface area (Å²) >= 11 is 1.68. The van der Waals surface area contributed by atoms with Gasteiger partial charge in [-0.05, 0) is 36.6 Å². The molecule has 8 heteroatoms. The standard InChI is InChI=1S/C23H23N5O2S/c1-27(2)22(29)19-14-16(11-12-24-19)30-15-9-10-20-18(13-15)26-23(28(20)3)25-17-7-5-6-8-21(17)31-4/h5-14H,1-4H3,(H,25,26). The van der Waals surface area contributed by atoms with E-state index in [1.54, 1.807) is 44.2 Å². The molecule has 0 radical (unpaired) electrons. The van der Waals surface area contributed by atoms with Gasteiger partial charge in [0.25, 0.3) is 5.91 Å². The van der Waals surface area contributed by atoms with Gasteiger partial charge >= 0.3 is 0 Å². The van der Waals surface area contributed by atoms with Gasteiger partial charge in [-0.2, -0.15) is 0 Å². The van der Waals surface area contributed by atoms with E-state index in [9.17, 15) is 4.79 Å². The third kappa shape index (κ3) is 4.34. The van der Waals surface area contributed by atoms with E-state index in [-0.39, 0.29) is 5.91 Å². The normalized spacial score (nSPS) is 10.8. The van der Waals surface area contributed by atoms with Gasteiger partial charge in [0.2, 0.25) is 5.95 Å². The molecule has 0 bridgehead atoms. The first-order chi connectivity index (χ1) is 15.0. The van der Waals surface area contributed by atoms with E-state index < -0.39 is 0 Å². The molecule has 0 unspecified atom stereocenters. The largest absolute Gasteiger partial charge is 0.457 e. The van der Waals surface area contributed by atoms with Crippen molar-refractivity contribution in [1.29, 1.82) is 0 Å². The molecule has 7 nitrogen and oxygen atoms in total. The van der Waals surface area contributed by atoms with Crippen LogP contribution in [0.2, 0.25) is 0 Å². The first kappa shape index (κ1) is 20.7. The van der Waals surface area contributed by atoms with Gasteiger partial charge in [0.05, 0.1) is 16.7 Å². The van der Waals surface area contributed by atoms with E-state index in [2.05, 4.69) is 22.6 Å². The second-order valence-corrected chi connectivity index (χ2v) is 8.00. The van der Waals surface area contributed by atoms with Crippen LogP contribution >= 0.6 is 11.8 Å². The van der Waals surface area contributed by atoms with Crippen molar-refractivity contribution in [1.82, 2.24) is 19.4 Å². The van der Waals surface area contributed by atoms with Crippen LogP contribution in [0, 0.1) is 0 Å². The van der Waals surface area contributed by atoms with Gasteiger partial charge in [0.15, 0.2) is 0 Å². The average Bonchev–Trinajstić information content (AvgIpc) is 3.08. The zero-order valence-corrected chi connectivity index (χ0v) is 18.6. The Balaban J connectivity index is 1.61. The highest BCUT2D eigenvalue weighted by molar-refractivity contribution is 7.98. The van der Waals surface area contributed by atoms with Crippen LogP contribution in [0.3, 0.4) is 0 Å². The minimum Gasteiger partial charge on any atom is -0.457 e. The molecule has 0 fully saturated rings. The van der Waals surface area contributed by atoms with Crippen LogP contribution in [0.15, 0.2) is 65.7 Å². The van der Waals surface area contributed by atoms with Gasteiger partial charge in [0, 0.05) is 44.4 Å². The second-order valence-electron chi connectivity index (χ2n) is 7.15. The number of aryl methyl sites for hydroxylation is 1. The number of hydrogen-bond donors (Lipinski definition) is 1. The number of benzene rings is 2. The second kappa shape index (κ2) is 8.69. The molecule has 2 aromatic heterocycles. The molecule has 0 spiro atoms. The number of thioether (sulfide) groups is 1. The van der Waals surface area contributed by atoms with E-state index in [0.717, 1.165) is 27.6 Å². The van der Waals surface area contributed by atoms with Crippen LogP contribution in [-0.4, -0.2) is 45.7 Å². The molecule has 31 heavy (non-hydrogen) atoms. The Labute approximate surface area is 185 Å². The molecule has 0 aliphatic carbocycles. The van der Waals surface area contributed by atoms with Crippen LogP contribution < -0.4 is 10.1 Å². The molecule has 1 N–H and O–H groups in total. The quantitative estimate of drug-likeness (QED) is 0.435. The summed E-state index contributed by atoms with van der Waals surface area (Å²) < 4.78 is 7.99. The summed E-state index contributed by atoms with van der Waals surface area (Å²) in [5, 5.41) is 3.42. The fraction of sp³-hybridized carbons (Fsp3) is 0.174. The highest BCUT2D eigenvalue weighted by Gasteiger charge is 2.13. The third-order valence-corrected chi connectivity index (χ3v) is 5.59. The molecule has 2 heterocycles. The first-order valence-electron chi connectivity index (χ1n) is 9.68. The summed E-state index contributed by atoms with van der Waals surface area (Å²) in [4.78, 5) is 23.6. The predicted octanol–water partition coefficient (Wildman–Crippen LogP) is 4.93. The maximum Gasteiger partial charge on any atom is 0.272 e. The minimum atomic E-state index is -0.174. The van der Waals surface area contributed by atoms with Crippen LogP contribution in [0.25, 0.3) is 11.0 Å². The molecular formula is C23H23N5O2S. The fourth-order valence-electron chi connectivity index (χ4n) is 3.18. The topological polar surface area (TPSA) is 72.3 Å². The summed E-state index contributed by atoms with van der Waals surface area (Å²) in [6, 6.07) is 17.2. The maximum absolute atomic E-state index is 12.1. The predicted molar refractivity (Wildman–Crippen MR) is 125 cm³/mol. The highest BCUT2D eigenvalue weighted by atomic mass is 32.2. The molecule has 0 saturated carbocycles. The molecule has 4 rings (SSSR count). The Kier molecular flexibility index (Phi) is 5.81. The fourth-order valence-corrected chi connectivity index (χ4v) is 3.73. The van der Waals surface area contributed by atoms with Gasteiger partial charge in [-0.3, -0.25) is 9.78 Å². The summed E-state index contributed by atoms with van der Waals surface area (Å²) in [5.41, 5.74) is 3.14. The van der Waals surface area contributed by atoms with E-state index in [0.29, 0.717) is 17.2 Å². The molecule has 4 aromatic rings. The minimum absolute atomic E-state index is 0.174. The van der Waals surface area contributed by atoms with Crippen molar-refractivity contribution in [2.45, 2.75) is 4.90 Å². The van der Waals surface area contributed by atoms with E-state index >= 15 is 0 Å². The van der Waals surface area contributed by atoms with Gasteiger partial charge < -0.3 is 19.5 Å². The Morgan fingerprint density at radius 2 is 1.87 bits per heavy atom. The van der Waals surface area contributed by atoms with Crippen molar-refractivity contribution in [3.8, 4) is 11.5 Å². The number of nitrogens with one attached hydrogen (secondary N) is 1. The van der Waals surface area contributed by atoms with Gasteiger partial charge in [0.1, 0.15) is 17.2 Å². The lowest BCUT2D eigenvalue weighted by Gasteiger charge is -2.11. The number of nitrogens with zero attached hydrogens (tertiary/aromatic N) is 4. The SMILES string of the molecule is CSc1ccccc1Nc1nc2cc(Oc3ccnc(C(=O)N(C)C)c3)ccc2n1C. The van der Waals surface area contributed by atoms with Crippen LogP contribution in [0.4, 0.5) is 11.6 Å². The van der Waals surface area contributed by atoms with Gasteiger partial charge in [-0.1, -0.05) is 12.1 Å². The number of para-hydroxylation sites is 1. The molecular weight excluding hydrogens is 410 g/mol. The number of ether oxygens (including phenoxy) is 1. The van der Waals surface area contributed by atoms with Crippen LogP contribution in [0.1, 0.15) is 10.5 Å². The molecule has 0 saturated heterocycles. The van der Waals surface area contributed by atoms with Crippen molar-refractivity contribution in [3.05, 3.63) is 66.5 Å². The number of rotatable bonds is 6. The van der Waals surface area contributed by atoms with Crippen molar-refractivity contribution < 1.29 is 9.53 Å². The van der Waals surface area contributed by atoms with Crippen molar-refractivity contribution >= 4 is 40.3 Å². The molecule has 0 atom stereocenters. The number of fused-ring (bicyclic) bond motifs is 1. The third-order valence-electron chi connectivity index (χ3n) is 4.80. The number of pyridine rings is 1. The number of anilines is 2. The molecule has 0 aliphatic heterocycles. The number of imidazole rings is 1. The van der Waals surface area contributed by atoms with E-state index in [4.69, 9.17) is 9.72 Å². The lowest BCUT2D eigenvalue weighted by atomic mass is 10.3. The number of aromatic nitrogens is 3. The summed E-state index contributed by atoms with van der Waals surface area (Å²) in [5.74, 6) is 1.75. The summed E-state index contributed by atoms with van der Waals surface area (Å²) in [6.45, 7) is 0. The number of hydrogen-bond acceptors (Lipinski definition) is 6. The maximum atomic E-state index is 12.1. The van der Waals surface area contributed by atoms with Crippen LogP contribution in [-0.2, 0) is 7.05 Å². The number of carbonyl (C=O) groups is 1. The van der Waals surface area contributed by atoms with Crippen LogP contribution in [0.5, 0.6) is 11.5 Å². The lowest BCUT2D eigenvalue weighted by molar-refractivity contribution is 0.0821. The zero-order valence-electron chi connectivity index (χ0n) is 17.8. The summed E-state index contributed by atoms with van der Waals surface area (Å²) in [7, 11) is 5.35. The number of carbonyl (C=O) groups excluding carboxylic acids is 1. The molecule has 2 aromatic carbocycles. The Morgan fingerprint density at radius 3 is 2.65 bits per heavy atom. The van der Waals surface area contributed by atoms with Gasteiger partial charge in [-0.25, -0.2) is 4.98 Å². The number of amides is 1. The smallest absolute Gasteiger partial charge is 0.272 e. The highest BCUT2D eigenvalue weighted by Crippen LogP contribution is 2.31. The molecule has 0 aliphatic rings. The average molecular weight is 434 g/mol. The van der Waals surface area contributed by atoms with E-state index in [1.807, 2.05) is 48.0 Å². The van der Waals surface area contributed by atoms with E-state index in [1.165, 1.54) is 4.90 Å².